The number of nitrogens with one attached hydrogen (secondary N) is 1. The molecule has 0 amide bonds. The average Bonchev–Trinajstić information content (AvgIpc) is 2.83. The molecule has 0 saturated heterocycles. The SMILES string of the molecule is Cc1nn(C(C)C)c(Nc2cnn(C)c2)c1[N+](=O)[O-]. The molecule has 0 aliphatic carbocycles. The van der Waals surface area contributed by atoms with E-state index >= 15 is 0 Å². The van der Waals surface area contributed by atoms with Gasteiger partial charge in [-0.3, -0.25) is 14.8 Å². The van der Waals surface area contributed by atoms with Crippen LogP contribution in [0.5, 0.6) is 0 Å². The summed E-state index contributed by atoms with van der Waals surface area (Å²) in [6.07, 6.45) is 3.35. The van der Waals surface area contributed by atoms with Gasteiger partial charge >= 0.3 is 5.69 Å². The van der Waals surface area contributed by atoms with Crippen molar-refractivity contribution in [3.63, 3.8) is 0 Å². The Kier molecular flexibility index (Phi) is 3.24. The molecule has 0 spiro atoms. The molecule has 0 unspecified atom stereocenters. The molecular weight excluding hydrogens is 248 g/mol. The summed E-state index contributed by atoms with van der Waals surface area (Å²) in [7, 11) is 1.78. The lowest BCUT2D eigenvalue weighted by molar-refractivity contribution is -0.384. The van der Waals surface area contributed by atoms with Gasteiger partial charge in [0.2, 0.25) is 5.82 Å². The van der Waals surface area contributed by atoms with Gasteiger partial charge in [-0.1, -0.05) is 0 Å². The lowest BCUT2D eigenvalue weighted by Crippen LogP contribution is -2.07. The molecule has 0 radical (unpaired) electrons. The highest BCUT2D eigenvalue weighted by molar-refractivity contribution is 5.67. The Labute approximate surface area is 110 Å². The summed E-state index contributed by atoms with van der Waals surface area (Å²) in [6.45, 7) is 5.47. The molecule has 0 aliphatic heterocycles. The van der Waals surface area contributed by atoms with E-state index in [4.69, 9.17) is 0 Å². The minimum Gasteiger partial charge on any atom is -0.332 e. The van der Waals surface area contributed by atoms with Crippen molar-refractivity contribution >= 4 is 17.2 Å². The van der Waals surface area contributed by atoms with Crippen molar-refractivity contribution in [1.29, 1.82) is 0 Å². The highest BCUT2D eigenvalue weighted by Crippen LogP contribution is 2.32. The second kappa shape index (κ2) is 4.71. The molecule has 2 rings (SSSR count). The second-order valence-corrected chi connectivity index (χ2v) is 4.61. The molecule has 0 saturated carbocycles. The molecule has 2 aromatic heterocycles. The molecule has 0 aromatic carbocycles. The maximum absolute atomic E-state index is 11.2. The van der Waals surface area contributed by atoms with Crippen molar-refractivity contribution < 1.29 is 4.92 Å². The normalized spacial score (nSPS) is 11.0. The number of aryl methyl sites for hydroxylation is 2. The number of hydrogen-bond donors (Lipinski definition) is 1. The minimum atomic E-state index is -0.417. The molecule has 8 heteroatoms. The van der Waals surface area contributed by atoms with E-state index in [0.29, 0.717) is 17.2 Å². The number of rotatable bonds is 4. The van der Waals surface area contributed by atoms with E-state index < -0.39 is 4.92 Å². The van der Waals surface area contributed by atoms with Crippen LogP contribution >= 0.6 is 0 Å². The van der Waals surface area contributed by atoms with Crippen molar-refractivity contribution in [2.75, 3.05) is 5.32 Å². The van der Waals surface area contributed by atoms with Gasteiger partial charge in [0.1, 0.15) is 5.69 Å². The molecule has 0 atom stereocenters. The zero-order valence-corrected chi connectivity index (χ0v) is 11.3. The largest absolute Gasteiger partial charge is 0.334 e. The van der Waals surface area contributed by atoms with Crippen molar-refractivity contribution in [1.82, 2.24) is 19.6 Å². The fourth-order valence-corrected chi connectivity index (χ4v) is 1.87. The summed E-state index contributed by atoms with van der Waals surface area (Å²) < 4.78 is 3.23. The van der Waals surface area contributed by atoms with Gasteiger partial charge in [0.05, 0.1) is 16.8 Å². The van der Waals surface area contributed by atoms with Crippen LogP contribution < -0.4 is 5.32 Å². The summed E-state index contributed by atoms with van der Waals surface area (Å²) in [4.78, 5) is 10.7. The van der Waals surface area contributed by atoms with Crippen LogP contribution in [0.3, 0.4) is 0 Å². The van der Waals surface area contributed by atoms with Crippen LogP contribution in [0.4, 0.5) is 17.2 Å². The van der Waals surface area contributed by atoms with Crippen LogP contribution in [-0.4, -0.2) is 24.5 Å². The molecule has 2 heterocycles. The summed E-state index contributed by atoms with van der Waals surface area (Å²) in [5.41, 5.74) is 1.08. The number of anilines is 2. The lowest BCUT2D eigenvalue weighted by atomic mass is 10.3. The average molecular weight is 264 g/mol. The molecule has 0 bridgehead atoms. The summed E-state index contributed by atoms with van der Waals surface area (Å²) in [5.74, 6) is 0.380. The number of aromatic nitrogens is 4. The Balaban J connectivity index is 2.49. The van der Waals surface area contributed by atoms with Gasteiger partial charge in [-0.15, -0.1) is 0 Å². The number of hydrogen-bond acceptors (Lipinski definition) is 5. The predicted molar refractivity (Wildman–Crippen MR) is 70.5 cm³/mol. The summed E-state index contributed by atoms with van der Waals surface area (Å²) in [6, 6.07) is 0.0200. The predicted octanol–water partition coefficient (Wildman–Crippen LogP) is 2.16. The van der Waals surface area contributed by atoms with Gasteiger partial charge in [0, 0.05) is 19.3 Å². The van der Waals surface area contributed by atoms with Crippen LogP contribution in [-0.2, 0) is 7.05 Å². The summed E-state index contributed by atoms with van der Waals surface area (Å²) in [5, 5.41) is 22.4. The van der Waals surface area contributed by atoms with E-state index in [1.165, 1.54) is 0 Å². The van der Waals surface area contributed by atoms with E-state index in [-0.39, 0.29) is 11.7 Å². The quantitative estimate of drug-likeness (QED) is 0.675. The smallest absolute Gasteiger partial charge is 0.332 e. The highest BCUT2D eigenvalue weighted by Gasteiger charge is 2.26. The third kappa shape index (κ3) is 2.42. The van der Waals surface area contributed by atoms with Crippen LogP contribution in [0.15, 0.2) is 12.4 Å². The minimum absolute atomic E-state index is 0.00227. The monoisotopic (exact) mass is 264 g/mol. The van der Waals surface area contributed by atoms with E-state index in [1.807, 2.05) is 13.8 Å². The van der Waals surface area contributed by atoms with Gasteiger partial charge in [0.15, 0.2) is 0 Å². The number of nitro groups is 1. The van der Waals surface area contributed by atoms with E-state index in [1.54, 1.807) is 35.7 Å². The third-order valence-corrected chi connectivity index (χ3v) is 2.69. The van der Waals surface area contributed by atoms with Crippen molar-refractivity contribution in [3.8, 4) is 0 Å². The fraction of sp³-hybridized carbons (Fsp3) is 0.455. The van der Waals surface area contributed by atoms with Crippen LogP contribution in [0.25, 0.3) is 0 Å². The molecule has 2 aromatic rings. The topological polar surface area (TPSA) is 90.8 Å². The zero-order valence-electron chi connectivity index (χ0n) is 11.3. The Morgan fingerprint density at radius 3 is 2.63 bits per heavy atom. The molecule has 102 valence electrons. The Morgan fingerprint density at radius 1 is 1.47 bits per heavy atom. The van der Waals surface area contributed by atoms with Crippen molar-refractivity contribution in [2.24, 2.45) is 7.05 Å². The maximum atomic E-state index is 11.2. The Hall–Kier alpha value is -2.38. The molecule has 1 N–H and O–H groups in total. The van der Waals surface area contributed by atoms with Gasteiger partial charge in [-0.25, -0.2) is 4.68 Å². The van der Waals surface area contributed by atoms with Crippen molar-refractivity contribution in [2.45, 2.75) is 26.8 Å². The Morgan fingerprint density at radius 2 is 2.16 bits per heavy atom. The van der Waals surface area contributed by atoms with Crippen LogP contribution in [0.1, 0.15) is 25.6 Å². The van der Waals surface area contributed by atoms with Gasteiger partial charge < -0.3 is 5.32 Å². The first-order chi connectivity index (χ1) is 8.90. The molecule has 8 nitrogen and oxygen atoms in total. The van der Waals surface area contributed by atoms with E-state index in [9.17, 15) is 10.1 Å². The second-order valence-electron chi connectivity index (χ2n) is 4.61. The first-order valence-corrected chi connectivity index (χ1v) is 5.89. The van der Waals surface area contributed by atoms with E-state index in [0.717, 1.165) is 0 Å². The molecule has 0 aliphatic rings. The van der Waals surface area contributed by atoms with Crippen LogP contribution in [0, 0.1) is 17.0 Å². The zero-order chi connectivity index (χ0) is 14.2. The van der Waals surface area contributed by atoms with Gasteiger partial charge in [-0.05, 0) is 20.8 Å². The first kappa shape index (κ1) is 13.1. The molecular formula is C11H16N6O2. The number of nitrogens with zero attached hydrogens (tertiary/aromatic N) is 5. The highest BCUT2D eigenvalue weighted by atomic mass is 16.6. The van der Waals surface area contributed by atoms with E-state index in [2.05, 4.69) is 15.5 Å². The molecule has 19 heavy (non-hydrogen) atoms. The summed E-state index contributed by atoms with van der Waals surface area (Å²) >= 11 is 0. The molecule has 0 fully saturated rings. The Bertz CT molecular complexity index is 613. The maximum Gasteiger partial charge on any atom is 0.334 e. The van der Waals surface area contributed by atoms with Crippen LogP contribution in [0.2, 0.25) is 0 Å². The van der Waals surface area contributed by atoms with Gasteiger partial charge in [0.25, 0.3) is 0 Å². The first-order valence-electron chi connectivity index (χ1n) is 5.89. The fourth-order valence-electron chi connectivity index (χ4n) is 1.87. The van der Waals surface area contributed by atoms with Gasteiger partial charge in [-0.2, -0.15) is 10.2 Å². The standard InChI is InChI=1S/C11H16N6O2/c1-7(2)16-11(10(17(18)19)8(3)14-16)13-9-5-12-15(4)6-9/h5-7,13H,1-4H3. The third-order valence-electron chi connectivity index (χ3n) is 2.69. The van der Waals surface area contributed by atoms with Crippen molar-refractivity contribution in [3.05, 3.63) is 28.2 Å². The lowest BCUT2D eigenvalue weighted by Gasteiger charge is -2.10.